The molecule has 0 radical (unpaired) electrons. The van der Waals surface area contributed by atoms with E-state index in [9.17, 15) is 10.1 Å². The smallest absolute Gasteiger partial charge is 0.309 e. The molecule has 5 nitrogen and oxygen atoms in total. The van der Waals surface area contributed by atoms with Crippen molar-refractivity contribution in [1.82, 2.24) is 5.32 Å². The number of nitriles is 1. The van der Waals surface area contributed by atoms with Crippen molar-refractivity contribution < 1.29 is 4.92 Å². The van der Waals surface area contributed by atoms with Crippen molar-refractivity contribution in [2.45, 2.75) is 13.1 Å². The lowest BCUT2D eigenvalue weighted by atomic mass is 10.1. The second-order valence-electron chi connectivity index (χ2n) is 3.97. The van der Waals surface area contributed by atoms with E-state index in [1.807, 2.05) is 18.2 Å². The van der Waals surface area contributed by atoms with E-state index in [1.54, 1.807) is 17.5 Å². The lowest BCUT2D eigenvalue weighted by Crippen LogP contribution is -2.12. The first-order valence-corrected chi connectivity index (χ1v) is 6.48. The van der Waals surface area contributed by atoms with E-state index in [1.165, 1.54) is 0 Å². The van der Waals surface area contributed by atoms with Crippen LogP contribution in [-0.4, -0.2) is 4.92 Å². The first-order chi connectivity index (χ1) is 9.19. The standard InChI is InChI=1S/C13H11N3O2S/c14-6-10-2-1-3-11(4-10)7-15-8-12-5-13(16(17)18)19-9-12/h1-5,9,15H,7-8H2. The van der Waals surface area contributed by atoms with Crippen molar-refractivity contribution in [1.29, 1.82) is 5.26 Å². The monoisotopic (exact) mass is 273 g/mol. The summed E-state index contributed by atoms with van der Waals surface area (Å²) in [6, 6.07) is 11.0. The summed E-state index contributed by atoms with van der Waals surface area (Å²) in [6.07, 6.45) is 0. The fourth-order valence-electron chi connectivity index (χ4n) is 1.65. The van der Waals surface area contributed by atoms with E-state index in [-0.39, 0.29) is 9.92 Å². The van der Waals surface area contributed by atoms with Crippen LogP contribution in [0.2, 0.25) is 0 Å². The summed E-state index contributed by atoms with van der Waals surface area (Å²) in [4.78, 5) is 10.2. The van der Waals surface area contributed by atoms with Crippen molar-refractivity contribution in [3.63, 3.8) is 0 Å². The van der Waals surface area contributed by atoms with Crippen LogP contribution in [0.25, 0.3) is 0 Å². The van der Waals surface area contributed by atoms with Crippen LogP contribution < -0.4 is 5.32 Å². The minimum Gasteiger partial charge on any atom is -0.309 e. The molecule has 0 saturated heterocycles. The maximum atomic E-state index is 10.5. The lowest BCUT2D eigenvalue weighted by Gasteiger charge is -2.03. The van der Waals surface area contributed by atoms with E-state index < -0.39 is 0 Å². The SMILES string of the molecule is N#Cc1cccc(CNCc2csc([N+](=O)[O-])c2)c1. The van der Waals surface area contributed by atoms with Gasteiger partial charge >= 0.3 is 5.00 Å². The Kier molecular flexibility index (Phi) is 4.23. The Morgan fingerprint density at radius 3 is 2.79 bits per heavy atom. The molecule has 2 aromatic rings. The zero-order chi connectivity index (χ0) is 13.7. The van der Waals surface area contributed by atoms with E-state index in [4.69, 9.17) is 5.26 Å². The maximum Gasteiger partial charge on any atom is 0.324 e. The molecule has 96 valence electrons. The summed E-state index contributed by atoms with van der Waals surface area (Å²) < 4.78 is 0. The molecule has 0 atom stereocenters. The summed E-state index contributed by atoms with van der Waals surface area (Å²) in [6.45, 7) is 1.19. The molecule has 0 fully saturated rings. The third kappa shape index (κ3) is 3.61. The highest BCUT2D eigenvalue weighted by molar-refractivity contribution is 7.13. The Labute approximate surface area is 114 Å². The molecule has 0 saturated carbocycles. The van der Waals surface area contributed by atoms with Crippen molar-refractivity contribution >= 4 is 16.3 Å². The Hall–Kier alpha value is -2.23. The number of hydrogen-bond donors (Lipinski definition) is 1. The number of benzene rings is 1. The lowest BCUT2D eigenvalue weighted by molar-refractivity contribution is -0.380. The van der Waals surface area contributed by atoms with Gasteiger partial charge in [-0.3, -0.25) is 10.1 Å². The van der Waals surface area contributed by atoms with Gasteiger partial charge in [0.25, 0.3) is 0 Å². The number of nitrogens with one attached hydrogen (secondary N) is 1. The molecule has 0 aliphatic carbocycles. The highest BCUT2D eigenvalue weighted by Crippen LogP contribution is 2.22. The van der Waals surface area contributed by atoms with Gasteiger partial charge in [0.2, 0.25) is 0 Å². The molecule has 0 amide bonds. The molecule has 6 heteroatoms. The van der Waals surface area contributed by atoms with Crippen LogP contribution in [0.3, 0.4) is 0 Å². The van der Waals surface area contributed by atoms with Crippen LogP contribution in [0.1, 0.15) is 16.7 Å². The molecule has 0 spiro atoms. The maximum absolute atomic E-state index is 10.5. The average Bonchev–Trinajstić information content (AvgIpc) is 2.88. The van der Waals surface area contributed by atoms with Crippen LogP contribution in [-0.2, 0) is 13.1 Å². The molecule has 19 heavy (non-hydrogen) atoms. The quantitative estimate of drug-likeness (QED) is 0.671. The van der Waals surface area contributed by atoms with Gasteiger partial charge in [0.1, 0.15) is 0 Å². The van der Waals surface area contributed by atoms with Gasteiger partial charge in [-0.05, 0) is 23.3 Å². The van der Waals surface area contributed by atoms with Crippen LogP contribution in [0.5, 0.6) is 0 Å². The Bertz CT molecular complexity index is 631. The number of nitrogens with zero attached hydrogens (tertiary/aromatic N) is 2. The van der Waals surface area contributed by atoms with Gasteiger partial charge in [-0.25, -0.2) is 0 Å². The van der Waals surface area contributed by atoms with Crippen LogP contribution in [0.15, 0.2) is 35.7 Å². The molecule has 0 aliphatic rings. The number of thiophene rings is 1. The number of hydrogen-bond acceptors (Lipinski definition) is 5. The van der Waals surface area contributed by atoms with Gasteiger partial charge in [-0.15, -0.1) is 0 Å². The summed E-state index contributed by atoms with van der Waals surface area (Å²) in [5, 5.41) is 24.5. The predicted octanol–water partition coefficient (Wildman–Crippen LogP) is 2.82. The second-order valence-corrected chi connectivity index (χ2v) is 4.86. The van der Waals surface area contributed by atoms with Gasteiger partial charge in [-0.1, -0.05) is 23.5 Å². The topological polar surface area (TPSA) is 79.0 Å². The minimum atomic E-state index is -0.384. The Morgan fingerprint density at radius 1 is 1.32 bits per heavy atom. The molecular formula is C13H11N3O2S. The Balaban J connectivity index is 1.89. The molecule has 0 aliphatic heterocycles. The molecule has 1 N–H and O–H groups in total. The van der Waals surface area contributed by atoms with Gasteiger partial charge < -0.3 is 5.32 Å². The fraction of sp³-hybridized carbons (Fsp3) is 0.154. The van der Waals surface area contributed by atoms with E-state index in [0.717, 1.165) is 22.5 Å². The van der Waals surface area contributed by atoms with Crippen LogP contribution in [0.4, 0.5) is 5.00 Å². The third-order valence-corrected chi connectivity index (χ3v) is 3.46. The molecule has 1 aromatic heterocycles. The van der Waals surface area contributed by atoms with E-state index >= 15 is 0 Å². The largest absolute Gasteiger partial charge is 0.324 e. The molecular weight excluding hydrogens is 262 g/mol. The fourth-order valence-corrected chi connectivity index (χ4v) is 2.38. The third-order valence-electron chi connectivity index (χ3n) is 2.53. The normalized spacial score (nSPS) is 10.1. The average molecular weight is 273 g/mol. The van der Waals surface area contributed by atoms with Crippen molar-refractivity contribution in [2.75, 3.05) is 0 Å². The van der Waals surface area contributed by atoms with E-state index in [0.29, 0.717) is 18.7 Å². The summed E-state index contributed by atoms with van der Waals surface area (Å²) in [5.74, 6) is 0. The molecule has 0 unspecified atom stereocenters. The highest BCUT2D eigenvalue weighted by Gasteiger charge is 2.08. The van der Waals surface area contributed by atoms with Crippen LogP contribution >= 0.6 is 11.3 Å². The molecule has 1 heterocycles. The zero-order valence-corrected chi connectivity index (χ0v) is 10.8. The van der Waals surface area contributed by atoms with Crippen LogP contribution in [0, 0.1) is 21.4 Å². The highest BCUT2D eigenvalue weighted by atomic mass is 32.1. The predicted molar refractivity (Wildman–Crippen MR) is 72.7 cm³/mol. The van der Waals surface area contributed by atoms with Gasteiger partial charge in [-0.2, -0.15) is 5.26 Å². The zero-order valence-electron chi connectivity index (χ0n) is 10.00. The van der Waals surface area contributed by atoms with Gasteiger partial charge in [0.15, 0.2) is 0 Å². The van der Waals surface area contributed by atoms with Crippen molar-refractivity contribution in [3.8, 4) is 6.07 Å². The number of nitro groups is 1. The summed E-state index contributed by atoms with van der Waals surface area (Å²) >= 11 is 1.13. The second kappa shape index (κ2) is 6.09. The van der Waals surface area contributed by atoms with Gasteiger partial charge in [0, 0.05) is 24.5 Å². The van der Waals surface area contributed by atoms with Crippen molar-refractivity contribution in [2.24, 2.45) is 0 Å². The van der Waals surface area contributed by atoms with Gasteiger partial charge in [0.05, 0.1) is 16.6 Å². The summed E-state index contributed by atoms with van der Waals surface area (Å²) in [5.41, 5.74) is 2.54. The van der Waals surface area contributed by atoms with E-state index in [2.05, 4.69) is 11.4 Å². The van der Waals surface area contributed by atoms with Crippen molar-refractivity contribution in [3.05, 3.63) is 62.5 Å². The summed E-state index contributed by atoms with van der Waals surface area (Å²) in [7, 11) is 0. The molecule has 2 rings (SSSR count). The first-order valence-electron chi connectivity index (χ1n) is 5.60. The Morgan fingerprint density at radius 2 is 2.11 bits per heavy atom. The molecule has 1 aromatic carbocycles. The minimum absolute atomic E-state index is 0.156. The molecule has 0 bridgehead atoms. The number of rotatable bonds is 5. The first kappa shape index (κ1) is 13.2.